The van der Waals surface area contributed by atoms with E-state index in [4.69, 9.17) is 0 Å². The van der Waals surface area contributed by atoms with Crippen molar-refractivity contribution in [2.75, 3.05) is 23.8 Å². The molecule has 0 amide bonds. The van der Waals surface area contributed by atoms with Crippen LogP contribution in [0.1, 0.15) is 32.6 Å². The molecule has 2 heterocycles. The largest absolute Gasteiger partial charge is 0.357 e. The van der Waals surface area contributed by atoms with Crippen LogP contribution in [0.4, 0.5) is 11.8 Å². The highest BCUT2D eigenvalue weighted by Gasteiger charge is 2.25. The number of fused-ring (bicyclic) bond motifs is 1. The molecule has 6 heteroatoms. The van der Waals surface area contributed by atoms with Gasteiger partial charge in [0.15, 0.2) is 11.5 Å². The lowest BCUT2D eigenvalue weighted by atomic mass is 10.2. The third-order valence-corrected chi connectivity index (χ3v) is 3.87. The second-order valence-corrected chi connectivity index (χ2v) is 4.95. The van der Waals surface area contributed by atoms with Gasteiger partial charge in [0.2, 0.25) is 5.95 Å². The molecule has 0 spiro atoms. The molecule has 19 heavy (non-hydrogen) atoms. The van der Waals surface area contributed by atoms with Gasteiger partial charge in [-0.25, -0.2) is 4.98 Å². The van der Waals surface area contributed by atoms with Gasteiger partial charge in [-0.05, 0) is 19.8 Å². The van der Waals surface area contributed by atoms with Crippen LogP contribution in [0.15, 0.2) is 6.33 Å². The molecule has 1 aliphatic rings. The second kappa shape index (κ2) is 5.03. The van der Waals surface area contributed by atoms with Crippen LogP contribution >= 0.6 is 0 Å². The van der Waals surface area contributed by atoms with E-state index in [0.29, 0.717) is 12.0 Å². The number of aromatic nitrogens is 4. The van der Waals surface area contributed by atoms with Crippen molar-refractivity contribution in [3.05, 3.63) is 6.33 Å². The summed E-state index contributed by atoms with van der Waals surface area (Å²) in [5, 5.41) is 3.02. The molecule has 0 aromatic carbocycles. The molecule has 2 N–H and O–H groups in total. The zero-order valence-corrected chi connectivity index (χ0v) is 11.5. The Morgan fingerprint density at radius 1 is 1.37 bits per heavy atom. The normalized spacial score (nSPS) is 16.1. The highest BCUT2D eigenvalue weighted by atomic mass is 15.3. The maximum Gasteiger partial charge on any atom is 0.226 e. The average molecular weight is 260 g/mol. The van der Waals surface area contributed by atoms with E-state index in [1.165, 1.54) is 25.7 Å². The molecule has 1 aliphatic carbocycles. The van der Waals surface area contributed by atoms with E-state index in [9.17, 15) is 0 Å². The average Bonchev–Trinajstić information content (AvgIpc) is 3.09. The molecule has 0 unspecified atom stereocenters. The van der Waals surface area contributed by atoms with Crippen molar-refractivity contribution < 1.29 is 0 Å². The van der Waals surface area contributed by atoms with Crippen molar-refractivity contribution in [2.45, 2.75) is 38.6 Å². The number of nitrogens with one attached hydrogen (secondary N) is 2. The monoisotopic (exact) mass is 260 g/mol. The maximum atomic E-state index is 4.64. The van der Waals surface area contributed by atoms with Gasteiger partial charge >= 0.3 is 0 Å². The van der Waals surface area contributed by atoms with Gasteiger partial charge in [-0.3, -0.25) is 0 Å². The van der Waals surface area contributed by atoms with Gasteiger partial charge in [0.25, 0.3) is 0 Å². The Kier molecular flexibility index (Phi) is 3.23. The lowest BCUT2D eigenvalue weighted by Crippen LogP contribution is -2.34. The van der Waals surface area contributed by atoms with Crippen molar-refractivity contribution in [3.63, 3.8) is 0 Å². The number of hydrogen-bond donors (Lipinski definition) is 2. The SMILES string of the molecule is CCN(c1nc(NC)nc2nc[nH]c12)C1CCCC1. The predicted octanol–water partition coefficient (Wildman–Crippen LogP) is 2.16. The Hall–Kier alpha value is -1.85. The van der Waals surface area contributed by atoms with Gasteiger partial charge in [0, 0.05) is 19.6 Å². The molecule has 1 saturated carbocycles. The Bertz CT molecular complexity index is 557. The van der Waals surface area contributed by atoms with Crippen molar-refractivity contribution >= 4 is 22.9 Å². The lowest BCUT2D eigenvalue weighted by Gasteiger charge is -2.29. The van der Waals surface area contributed by atoms with Crippen LogP contribution in [-0.4, -0.2) is 39.6 Å². The summed E-state index contributed by atoms with van der Waals surface area (Å²) < 4.78 is 0. The first-order valence-corrected chi connectivity index (χ1v) is 6.99. The van der Waals surface area contributed by atoms with Crippen LogP contribution in [0.5, 0.6) is 0 Å². The third kappa shape index (κ3) is 2.11. The van der Waals surface area contributed by atoms with Crippen LogP contribution in [-0.2, 0) is 0 Å². The summed E-state index contributed by atoms with van der Waals surface area (Å²) in [6, 6.07) is 0.594. The van der Waals surface area contributed by atoms with Gasteiger partial charge in [0.1, 0.15) is 5.52 Å². The molecule has 2 aromatic heterocycles. The fourth-order valence-electron chi connectivity index (χ4n) is 2.93. The van der Waals surface area contributed by atoms with Crippen LogP contribution in [0, 0.1) is 0 Å². The number of rotatable bonds is 4. The smallest absolute Gasteiger partial charge is 0.226 e. The minimum atomic E-state index is 0.594. The van der Waals surface area contributed by atoms with E-state index >= 15 is 0 Å². The topological polar surface area (TPSA) is 69.7 Å². The van der Waals surface area contributed by atoms with Gasteiger partial charge in [-0.15, -0.1) is 0 Å². The quantitative estimate of drug-likeness (QED) is 0.881. The summed E-state index contributed by atoms with van der Waals surface area (Å²) in [5.74, 6) is 1.60. The number of nitrogens with zero attached hydrogens (tertiary/aromatic N) is 4. The van der Waals surface area contributed by atoms with Crippen LogP contribution < -0.4 is 10.2 Å². The summed E-state index contributed by atoms with van der Waals surface area (Å²) in [7, 11) is 1.84. The number of aromatic amines is 1. The van der Waals surface area contributed by atoms with Gasteiger partial charge < -0.3 is 15.2 Å². The zero-order chi connectivity index (χ0) is 13.2. The van der Waals surface area contributed by atoms with Crippen molar-refractivity contribution in [3.8, 4) is 0 Å². The summed E-state index contributed by atoms with van der Waals surface area (Å²) in [4.78, 5) is 18.8. The molecular formula is C13H20N6. The molecule has 2 aromatic rings. The van der Waals surface area contributed by atoms with E-state index in [-0.39, 0.29) is 0 Å². The third-order valence-electron chi connectivity index (χ3n) is 3.87. The summed E-state index contributed by atoms with van der Waals surface area (Å²) in [6.07, 6.45) is 6.82. The summed E-state index contributed by atoms with van der Waals surface area (Å²) >= 11 is 0. The fraction of sp³-hybridized carbons (Fsp3) is 0.615. The van der Waals surface area contributed by atoms with Gasteiger partial charge in [-0.1, -0.05) is 12.8 Å². The second-order valence-electron chi connectivity index (χ2n) is 4.95. The molecule has 0 saturated heterocycles. The number of H-pyrrole nitrogens is 1. The van der Waals surface area contributed by atoms with Crippen molar-refractivity contribution in [1.82, 2.24) is 19.9 Å². The number of hydrogen-bond acceptors (Lipinski definition) is 5. The molecule has 0 aliphatic heterocycles. The minimum Gasteiger partial charge on any atom is -0.357 e. The Morgan fingerprint density at radius 2 is 2.16 bits per heavy atom. The number of anilines is 2. The van der Waals surface area contributed by atoms with Crippen LogP contribution in [0.25, 0.3) is 11.2 Å². The fourth-order valence-corrected chi connectivity index (χ4v) is 2.93. The Balaban J connectivity index is 2.07. The molecule has 0 bridgehead atoms. The van der Waals surface area contributed by atoms with Crippen molar-refractivity contribution in [2.24, 2.45) is 0 Å². The highest BCUT2D eigenvalue weighted by Crippen LogP contribution is 2.30. The van der Waals surface area contributed by atoms with E-state index < -0.39 is 0 Å². The first-order chi connectivity index (χ1) is 9.33. The minimum absolute atomic E-state index is 0.594. The van der Waals surface area contributed by atoms with E-state index in [1.54, 1.807) is 6.33 Å². The molecule has 6 nitrogen and oxygen atoms in total. The van der Waals surface area contributed by atoms with E-state index in [1.807, 2.05) is 7.05 Å². The molecule has 1 fully saturated rings. The van der Waals surface area contributed by atoms with E-state index in [0.717, 1.165) is 23.5 Å². The van der Waals surface area contributed by atoms with Crippen LogP contribution in [0.2, 0.25) is 0 Å². The van der Waals surface area contributed by atoms with Crippen molar-refractivity contribution in [1.29, 1.82) is 0 Å². The molecule has 0 radical (unpaired) electrons. The molecule has 3 rings (SSSR count). The maximum absolute atomic E-state index is 4.64. The Morgan fingerprint density at radius 3 is 2.84 bits per heavy atom. The molecule has 102 valence electrons. The standard InChI is InChI=1S/C13H20N6/c1-3-19(9-6-4-5-7-9)12-10-11(16-8-15-10)17-13(14-2)18-12/h8-9H,3-7H2,1-2H3,(H2,14,15,16,17,18). The first-order valence-electron chi connectivity index (χ1n) is 6.99. The van der Waals surface area contributed by atoms with Gasteiger partial charge in [0.05, 0.1) is 6.33 Å². The molecular weight excluding hydrogens is 240 g/mol. The summed E-state index contributed by atoms with van der Waals surface area (Å²) in [6.45, 7) is 3.14. The Labute approximate surface area is 112 Å². The first kappa shape index (κ1) is 12.2. The zero-order valence-electron chi connectivity index (χ0n) is 11.5. The highest BCUT2D eigenvalue weighted by molar-refractivity contribution is 5.84. The van der Waals surface area contributed by atoms with Crippen LogP contribution in [0.3, 0.4) is 0 Å². The predicted molar refractivity (Wildman–Crippen MR) is 76.5 cm³/mol. The van der Waals surface area contributed by atoms with Gasteiger partial charge in [-0.2, -0.15) is 9.97 Å². The summed E-state index contributed by atoms with van der Waals surface area (Å²) in [5.41, 5.74) is 1.67. The number of imidazole rings is 1. The lowest BCUT2D eigenvalue weighted by molar-refractivity contribution is 0.614. The molecule has 0 atom stereocenters. The van der Waals surface area contributed by atoms with E-state index in [2.05, 4.69) is 37.1 Å².